The van der Waals surface area contributed by atoms with Crippen molar-refractivity contribution in [3.63, 3.8) is 0 Å². The zero-order valence-corrected chi connectivity index (χ0v) is 16.6. The predicted molar refractivity (Wildman–Crippen MR) is 117 cm³/mol. The summed E-state index contributed by atoms with van der Waals surface area (Å²) in [7, 11) is 0. The van der Waals surface area contributed by atoms with Gasteiger partial charge in [-0.2, -0.15) is 0 Å². The molecule has 1 N–H and O–H groups in total. The molecule has 3 aromatic rings. The Morgan fingerprint density at radius 2 is 1.77 bits per heavy atom. The van der Waals surface area contributed by atoms with E-state index in [9.17, 15) is 14.9 Å². The van der Waals surface area contributed by atoms with Crippen molar-refractivity contribution in [1.29, 1.82) is 0 Å². The molecule has 0 aliphatic carbocycles. The minimum Gasteiger partial charge on any atom is -0.494 e. The van der Waals surface area contributed by atoms with Crippen LogP contribution < -0.4 is 10.1 Å². The molecular formula is C24H22N2O4. The van der Waals surface area contributed by atoms with Gasteiger partial charge in [0.05, 0.1) is 11.5 Å². The second kappa shape index (κ2) is 10.0. The molecule has 0 saturated heterocycles. The standard InChI is InChI=1S/C24H22N2O4/c1-2-30-22-13-11-18(12-14-22)17-25-24(27)23(20-8-4-3-5-9-20)16-19-7-6-10-21(15-19)26(28)29/h3-16H,2,17H2,1H3,(H,25,27)/b23-16+. The van der Waals surface area contributed by atoms with Gasteiger partial charge >= 0.3 is 0 Å². The monoisotopic (exact) mass is 402 g/mol. The average Bonchev–Trinajstić information content (AvgIpc) is 2.78. The number of hydrogen-bond acceptors (Lipinski definition) is 4. The Morgan fingerprint density at radius 1 is 1.03 bits per heavy atom. The van der Waals surface area contributed by atoms with Gasteiger partial charge < -0.3 is 10.1 Å². The van der Waals surface area contributed by atoms with Crippen molar-refractivity contribution >= 4 is 23.2 Å². The van der Waals surface area contributed by atoms with E-state index in [4.69, 9.17) is 4.74 Å². The lowest BCUT2D eigenvalue weighted by Crippen LogP contribution is -2.23. The van der Waals surface area contributed by atoms with Crippen LogP contribution in [0.2, 0.25) is 0 Å². The van der Waals surface area contributed by atoms with E-state index in [1.165, 1.54) is 12.1 Å². The summed E-state index contributed by atoms with van der Waals surface area (Å²) in [6.45, 7) is 2.87. The smallest absolute Gasteiger partial charge is 0.270 e. The first-order chi connectivity index (χ1) is 14.6. The summed E-state index contributed by atoms with van der Waals surface area (Å²) in [6, 6.07) is 23.0. The molecule has 0 aromatic heterocycles. The van der Waals surface area contributed by atoms with E-state index in [-0.39, 0.29) is 11.6 Å². The molecule has 0 saturated carbocycles. The van der Waals surface area contributed by atoms with E-state index in [0.29, 0.717) is 24.3 Å². The molecule has 0 aliphatic heterocycles. The fraction of sp³-hybridized carbons (Fsp3) is 0.125. The second-order valence-electron chi connectivity index (χ2n) is 6.54. The van der Waals surface area contributed by atoms with E-state index < -0.39 is 4.92 Å². The summed E-state index contributed by atoms with van der Waals surface area (Å²) in [4.78, 5) is 23.6. The highest BCUT2D eigenvalue weighted by Gasteiger charge is 2.13. The number of nitrogens with zero attached hydrogens (tertiary/aromatic N) is 1. The van der Waals surface area contributed by atoms with Gasteiger partial charge in [0.15, 0.2) is 0 Å². The van der Waals surface area contributed by atoms with E-state index in [2.05, 4.69) is 5.32 Å². The molecule has 152 valence electrons. The van der Waals surface area contributed by atoms with Crippen LogP contribution in [0.4, 0.5) is 5.69 Å². The topological polar surface area (TPSA) is 81.5 Å². The van der Waals surface area contributed by atoms with Gasteiger partial charge in [0.2, 0.25) is 0 Å². The molecule has 30 heavy (non-hydrogen) atoms. The maximum Gasteiger partial charge on any atom is 0.270 e. The Balaban J connectivity index is 1.82. The Bertz CT molecular complexity index is 1040. The molecule has 0 atom stereocenters. The van der Waals surface area contributed by atoms with Gasteiger partial charge in [-0.25, -0.2) is 0 Å². The average molecular weight is 402 g/mol. The summed E-state index contributed by atoms with van der Waals surface area (Å²) in [6.07, 6.45) is 1.66. The van der Waals surface area contributed by atoms with Crippen LogP contribution in [-0.2, 0) is 11.3 Å². The minimum atomic E-state index is -0.453. The van der Waals surface area contributed by atoms with Crippen LogP contribution in [0.3, 0.4) is 0 Å². The quantitative estimate of drug-likeness (QED) is 0.253. The van der Waals surface area contributed by atoms with Crippen LogP contribution in [0.25, 0.3) is 11.6 Å². The predicted octanol–water partition coefficient (Wildman–Crippen LogP) is 4.85. The number of ether oxygens (including phenoxy) is 1. The molecule has 0 unspecified atom stereocenters. The van der Waals surface area contributed by atoms with Crippen molar-refractivity contribution in [3.05, 3.63) is 106 Å². The van der Waals surface area contributed by atoms with Gasteiger partial charge in [0.1, 0.15) is 5.75 Å². The van der Waals surface area contributed by atoms with Crippen molar-refractivity contribution < 1.29 is 14.5 Å². The van der Waals surface area contributed by atoms with Gasteiger partial charge in [-0.3, -0.25) is 14.9 Å². The number of carbonyl (C=O) groups excluding carboxylic acids is 1. The Kier molecular flexibility index (Phi) is 6.95. The molecule has 0 fully saturated rings. The molecular weight excluding hydrogens is 380 g/mol. The lowest BCUT2D eigenvalue weighted by Gasteiger charge is -2.11. The zero-order chi connectivity index (χ0) is 21.3. The lowest BCUT2D eigenvalue weighted by molar-refractivity contribution is -0.384. The molecule has 6 heteroatoms. The first kappa shape index (κ1) is 20.8. The van der Waals surface area contributed by atoms with Crippen molar-refractivity contribution in [2.24, 2.45) is 0 Å². The van der Waals surface area contributed by atoms with Crippen molar-refractivity contribution in [2.45, 2.75) is 13.5 Å². The van der Waals surface area contributed by atoms with Crippen LogP contribution in [0.15, 0.2) is 78.9 Å². The Morgan fingerprint density at radius 3 is 2.43 bits per heavy atom. The number of benzene rings is 3. The number of rotatable bonds is 8. The van der Waals surface area contributed by atoms with Crippen LogP contribution in [0.5, 0.6) is 5.75 Å². The third-order valence-electron chi connectivity index (χ3n) is 4.41. The van der Waals surface area contributed by atoms with Gasteiger partial charge in [-0.1, -0.05) is 54.6 Å². The first-order valence-electron chi connectivity index (χ1n) is 9.58. The number of non-ortho nitro benzene ring substituents is 1. The SMILES string of the molecule is CCOc1ccc(CNC(=O)/C(=C/c2cccc([N+](=O)[O-])c2)c2ccccc2)cc1. The second-order valence-corrected chi connectivity index (χ2v) is 6.54. The highest BCUT2D eigenvalue weighted by Crippen LogP contribution is 2.21. The molecule has 6 nitrogen and oxygen atoms in total. The number of amides is 1. The maximum atomic E-state index is 13.0. The molecule has 0 aliphatic rings. The number of nitro groups is 1. The molecule has 0 bridgehead atoms. The fourth-order valence-corrected chi connectivity index (χ4v) is 2.94. The highest BCUT2D eigenvalue weighted by molar-refractivity contribution is 6.24. The summed E-state index contributed by atoms with van der Waals surface area (Å²) >= 11 is 0. The zero-order valence-electron chi connectivity index (χ0n) is 16.6. The molecule has 1 amide bonds. The molecule has 3 aromatic carbocycles. The summed E-state index contributed by atoms with van der Waals surface area (Å²) in [5.41, 5.74) is 2.66. The van der Waals surface area contributed by atoms with Crippen LogP contribution in [0.1, 0.15) is 23.6 Å². The molecule has 0 spiro atoms. The molecule has 0 heterocycles. The highest BCUT2D eigenvalue weighted by atomic mass is 16.6. The van der Waals surface area contributed by atoms with E-state index >= 15 is 0 Å². The Hall–Kier alpha value is -3.93. The minimum absolute atomic E-state index is 0.0223. The van der Waals surface area contributed by atoms with Crippen LogP contribution in [0, 0.1) is 10.1 Å². The van der Waals surface area contributed by atoms with E-state index in [0.717, 1.165) is 16.9 Å². The number of carbonyl (C=O) groups is 1. The fourth-order valence-electron chi connectivity index (χ4n) is 2.94. The van der Waals surface area contributed by atoms with Crippen LogP contribution >= 0.6 is 0 Å². The first-order valence-corrected chi connectivity index (χ1v) is 9.58. The Labute approximate surface area is 175 Å². The van der Waals surface area contributed by atoms with E-state index in [1.54, 1.807) is 18.2 Å². The third-order valence-corrected chi connectivity index (χ3v) is 4.41. The number of nitro benzene ring substituents is 1. The number of hydrogen-bond donors (Lipinski definition) is 1. The largest absolute Gasteiger partial charge is 0.494 e. The van der Waals surface area contributed by atoms with Gasteiger partial charge in [0.25, 0.3) is 11.6 Å². The lowest BCUT2D eigenvalue weighted by atomic mass is 10.0. The number of nitrogens with one attached hydrogen (secondary N) is 1. The van der Waals surface area contributed by atoms with Crippen molar-refractivity contribution in [3.8, 4) is 5.75 Å². The molecule has 0 radical (unpaired) electrons. The third kappa shape index (κ3) is 5.54. The normalized spacial score (nSPS) is 11.0. The van der Waals surface area contributed by atoms with Gasteiger partial charge in [-0.15, -0.1) is 0 Å². The van der Waals surface area contributed by atoms with E-state index in [1.807, 2.05) is 61.5 Å². The summed E-state index contributed by atoms with van der Waals surface area (Å²) < 4.78 is 5.43. The summed E-state index contributed by atoms with van der Waals surface area (Å²) in [5, 5.41) is 14.0. The van der Waals surface area contributed by atoms with Crippen LogP contribution in [-0.4, -0.2) is 17.4 Å². The summed E-state index contributed by atoms with van der Waals surface area (Å²) in [5.74, 6) is 0.518. The molecule has 3 rings (SSSR count). The van der Waals surface area contributed by atoms with Gasteiger partial charge in [-0.05, 0) is 41.8 Å². The van der Waals surface area contributed by atoms with Gasteiger partial charge in [0, 0.05) is 24.3 Å². The van der Waals surface area contributed by atoms with Crippen molar-refractivity contribution in [1.82, 2.24) is 5.32 Å². The maximum absolute atomic E-state index is 13.0. The van der Waals surface area contributed by atoms with Crippen molar-refractivity contribution in [2.75, 3.05) is 6.61 Å².